The first-order chi connectivity index (χ1) is 15.3. The zero-order valence-corrected chi connectivity index (χ0v) is 19.7. The van der Waals surface area contributed by atoms with Crippen LogP contribution in [0.4, 0.5) is 5.69 Å². The molecule has 1 aromatic carbocycles. The molecule has 1 unspecified atom stereocenters. The number of hydrogen-bond donors (Lipinski definition) is 1. The van der Waals surface area contributed by atoms with Crippen molar-refractivity contribution >= 4 is 23.6 Å². The molecule has 7 heteroatoms. The highest BCUT2D eigenvalue weighted by Gasteiger charge is 2.17. The number of ether oxygens (including phenoxy) is 1. The van der Waals surface area contributed by atoms with Crippen molar-refractivity contribution < 1.29 is 14.3 Å². The predicted octanol–water partition coefficient (Wildman–Crippen LogP) is 4.34. The van der Waals surface area contributed by atoms with Crippen LogP contribution in [0.25, 0.3) is 6.08 Å². The Labute approximate surface area is 190 Å². The van der Waals surface area contributed by atoms with Gasteiger partial charge in [0.25, 0.3) is 11.8 Å². The minimum Gasteiger partial charge on any atom is -0.383 e. The summed E-state index contributed by atoms with van der Waals surface area (Å²) in [4.78, 5) is 27.1. The van der Waals surface area contributed by atoms with Crippen molar-refractivity contribution in [1.29, 1.82) is 5.26 Å². The van der Waals surface area contributed by atoms with E-state index >= 15 is 0 Å². The number of carbonyl (C=O) groups excluding carboxylic acids is 2. The largest absolute Gasteiger partial charge is 0.383 e. The molecule has 0 aliphatic heterocycles. The molecule has 0 spiro atoms. The van der Waals surface area contributed by atoms with Gasteiger partial charge in [-0.3, -0.25) is 9.59 Å². The standard InChI is InChI=1S/C25H32N4O3/c1-7-28(8-2)25(31)20-10-9-11-23(14-20)27-24(30)22(15-26)13-21-12-17(3)29(19(21)5)18(4)16-32-6/h9-14,18H,7-8,16H2,1-6H3,(H,27,30). The van der Waals surface area contributed by atoms with Gasteiger partial charge in [0, 0.05) is 42.8 Å². The van der Waals surface area contributed by atoms with Crippen LogP contribution in [0.5, 0.6) is 0 Å². The van der Waals surface area contributed by atoms with Crippen LogP contribution in [-0.4, -0.2) is 48.1 Å². The lowest BCUT2D eigenvalue weighted by Gasteiger charge is -2.19. The van der Waals surface area contributed by atoms with E-state index < -0.39 is 5.91 Å². The molecule has 0 aliphatic carbocycles. The Morgan fingerprint density at radius 3 is 2.53 bits per heavy atom. The van der Waals surface area contributed by atoms with Crippen molar-refractivity contribution in [3.05, 3.63) is 58.4 Å². The average molecular weight is 437 g/mol. The Hall–Kier alpha value is -3.37. The van der Waals surface area contributed by atoms with E-state index in [-0.39, 0.29) is 17.5 Å². The fourth-order valence-electron chi connectivity index (χ4n) is 3.87. The third-order valence-corrected chi connectivity index (χ3v) is 5.46. The average Bonchev–Trinajstić information content (AvgIpc) is 3.05. The van der Waals surface area contributed by atoms with Crippen LogP contribution in [0.1, 0.15) is 54.1 Å². The molecular formula is C25H32N4O3. The van der Waals surface area contributed by atoms with Crippen molar-refractivity contribution in [3.8, 4) is 6.07 Å². The third kappa shape index (κ3) is 5.65. The summed E-state index contributed by atoms with van der Waals surface area (Å²) in [5.74, 6) is -0.616. The second kappa shape index (κ2) is 11.3. The molecule has 170 valence electrons. The number of nitriles is 1. The van der Waals surface area contributed by atoms with Crippen LogP contribution < -0.4 is 5.32 Å². The molecule has 7 nitrogen and oxygen atoms in total. The molecule has 0 saturated heterocycles. The van der Waals surface area contributed by atoms with Gasteiger partial charge < -0.3 is 19.5 Å². The summed E-state index contributed by atoms with van der Waals surface area (Å²) in [7, 11) is 1.66. The molecule has 0 bridgehead atoms. The molecule has 1 atom stereocenters. The molecule has 1 heterocycles. The van der Waals surface area contributed by atoms with Crippen LogP contribution in [0.15, 0.2) is 35.9 Å². The number of hydrogen-bond acceptors (Lipinski definition) is 4. The van der Waals surface area contributed by atoms with Crippen LogP contribution in [0.2, 0.25) is 0 Å². The normalized spacial score (nSPS) is 12.2. The highest BCUT2D eigenvalue weighted by atomic mass is 16.5. The van der Waals surface area contributed by atoms with Gasteiger partial charge in [0.15, 0.2) is 0 Å². The first-order valence-corrected chi connectivity index (χ1v) is 10.8. The number of nitrogens with one attached hydrogen (secondary N) is 1. The third-order valence-electron chi connectivity index (χ3n) is 5.46. The van der Waals surface area contributed by atoms with E-state index in [9.17, 15) is 14.9 Å². The molecule has 32 heavy (non-hydrogen) atoms. The molecule has 0 aliphatic rings. The summed E-state index contributed by atoms with van der Waals surface area (Å²) in [5.41, 5.74) is 3.74. The molecule has 1 N–H and O–H groups in total. The van der Waals surface area contributed by atoms with E-state index in [1.807, 2.05) is 39.8 Å². The Kier molecular flexibility index (Phi) is 8.80. The van der Waals surface area contributed by atoms with Crippen LogP contribution in [0.3, 0.4) is 0 Å². The first-order valence-electron chi connectivity index (χ1n) is 10.8. The number of benzene rings is 1. The van der Waals surface area contributed by atoms with Gasteiger partial charge >= 0.3 is 0 Å². The monoisotopic (exact) mass is 436 g/mol. The number of nitrogens with zero attached hydrogens (tertiary/aromatic N) is 3. The fraction of sp³-hybridized carbons (Fsp3) is 0.400. The molecule has 2 aromatic rings. The predicted molar refractivity (Wildman–Crippen MR) is 126 cm³/mol. The van der Waals surface area contributed by atoms with E-state index in [0.29, 0.717) is 30.9 Å². The summed E-state index contributed by atoms with van der Waals surface area (Å²) in [6.07, 6.45) is 1.60. The summed E-state index contributed by atoms with van der Waals surface area (Å²) in [5, 5.41) is 12.3. The molecule has 0 saturated carbocycles. The maximum absolute atomic E-state index is 12.8. The number of rotatable bonds is 9. The maximum Gasteiger partial charge on any atom is 0.266 e. The number of aryl methyl sites for hydroxylation is 1. The molecular weight excluding hydrogens is 404 g/mol. The summed E-state index contributed by atoms with van der Waals surface area (Å²) in [6, 6.07) is 10.8. The smallest absolute Gasteiger partial charge is 0.266 e. The first kappa shape index (κ1) is 24.9. The minimum absolute atomic E-state index is 0.00915. The molecule has 2 amide bonds. The molecule has 0 fully saturated rings. The van der Waals surface area contributed by atoms with Gasteiger partial charge in [0.2, 0.25) is 0 Å². The molecule has 2 rings (SSSR count). The lowest BCUT2D eigenvalue weighted by molar-refractivity contribution is -0.112. The van der Waals surface area contributed by atoms with E-state index in [2.05, 4.69) is 16.8 Å². The zero-order chi connectivity index (χ0) is 23.8. The number of amides is 2. The van der Waals surface area contributed by atoms with Crippen LogP contribution in [-0.2, 0) is 9.53 Å². The number of carbonyl (C=O) groups is 2. The van der Waals surface area contributed by atoms with Gasteiger partial charge in [-0.15, -0.1) is 0 Å². The number of anilines is 1. The zero-order valence-electron chi connectivity index (χ0n) is 19.7. The number of aromatic nitrogens is 1. The Morgan fingerprint density at radius 2 is 1.94 bits per heavy atom. The Bertz CT molecular complexity index is 1040. The van der Waals surface area contributed by atoms with Gasteiger partial charge in [0.05, 0.1) is 12.6 Å². The highest BCUT2D eigenvalue weighted by molar-refractivity contribution is 6.10. The maximum atomic E-state index is 12.8. The van der Waals surface area contributed by atoms with E-state index in [1.165, 1.54) is 0 Å². The quantitative estimate of drug-likeness (QED) is 0.468. The van der Waals surface area contributed by atoms with Crippen LogP contribution >= 0.6 is 0 Å². The van der Waals surface area contributed by atoms with Crippen molar-refractivity contribution in [2.75, 3.05) is 32.1 Å². The summed E-state index contributed by atoms with van der Waals surface area (Å²) < 4.78 is 7.39. The van der Waals surface area contributed by atoms with Crippen LogP contribution in [0, 0.1) is 25.2 Å². The van der Waals surface area contributed by atoms with E-state index in [0.717, 1.165) is 17.0 Å². The lowest BCUT2D eigenvalue weighted by Crippen LogP contribution is -2.30. The van der Waals surface area contributed by atoms with Crippen molar-refractivity contribution in [2.24, 2.45) is 0 Å². The summed E-state index contributed by atoms with van der Waals surface area (Å²) in [6.45, 7) is 11.6. The van der Waals surface area contributed by atoms with Gasteiger partial charge in [-0.05, 0) is 70.5 Å². The van der Waals surface area contributed by atoms with Gasteiger partial charge in [-0.25, -0.2) is 0 Å². The van der Waals surface area contributed by atoms with Crippen molar-refractivity contribution in [3.63, 3.8) is 0 Å². The highest BCUT2D eigenvalue weighted by Crippen LogP contribution is 2.23. The van der Waals surface area contributed by atoms with E-state index in [4.69, 9.17) is 4.74 Å². The number of methoxy groups -OCH3 is 1. The van der Waals surface area contributed by atoms with Gasteiger partial charge in [0.1, 0.15) is 11.6 Å². The van der Waals surface area contributed by atoms with Crippen molar-refractivity contribution in [2.45, 2.75) is 40.7 Å². The molecule has 0 radical (unpaired) electrons. The van der Waals surface area contributed by atoms with Gasteiger partial charge in [-0.2, -0.15) is 5.26 Å². The fourth-order valence-corrected chi connectivity index (χ4v) is 3.87. The second-order valence-electron chi connectivity index (χ2n) is 7.68. The minimum atomic E-state index is -0.519. The summed E-state index contributed by atoms with van der Waals surface area (Å²) >= 11 is 0. The lowest BCUT2D eigenvalue weighted by atomic mass is 10.1. The van der Waals surface area contributed by atoms with Crippen molar-refractivity contribution in [1.82, 2.24) is 9.47 Å². The topological polar surface area (TPSA) is 87.4 Å². The SMILES string of the molecule is CCN(CC)C(=O)c1cccc(NC(=O)C(C#N)=Cc2cc(C)n(C(C)COC)c2C)c1. The van der Waals surface area contributed by atoms with E-state index in [1.54, 1.807) is 42.4 Å². The Balaban J connectivity index is 2.27. The Morgan fingerprint density at radius 1 is 1.25 bits per heavy atom. The van der Waals surface area contributed by atoms with Gasteiger partial charge in [-0.1, -0.05) is 6.07 Å². The molecule has 1 aromatic heterocycles. The second-order valence-corrected chi connectivity index (χ2v) is 7.68.